The number of hydrogen-bond acceptors (Lipinski definition) is 5. The summed E-state index contributed by atoms with van der Waals surface area (Å²) in [5.74, 6) is -1.35. The van der Waals surface area contributed by atoms with Crippen molar-refractivity contribution in [3.05, 3.63) is 11.1 Å². The smallest absolute Gasteiger partial charge is 0.256 e. The SMILES string of the molecule is COC(C)(CCCN1C(=O)C(C)=C(C)C1=O)OOC(C)(C)C. The molecule has 1 atom stereocenters. The number of amides is 2. The highest BCUT2D eigenvalue weighted by Crippen LogP contribution is 2.24. The lowest BCUT2D eigenvalue weighted by Gasteiger charge is -2.30. The molecule has 126 valence electrons. The fraction of sp³-hybridized carbons (Fsp3) is 0.750. The van der Waals surface area contributed by atoms with Crippen LogP contribution < -0.4 is 0 Å². The lowest BCUT2D eigenvalue weighted by atomic mass is 10.1. The molecule has 0 N–H and O–H groups in total. The first-order valence-corrected chi connectivity index (χ1v) is 7.46. The molecule has 0 saturated heterocycles. The highest BCUT2D eigenvalue weighted by molar-refractivity contribution is 6.18. The third-order valence-electron chi connectivity index (χ3n) is 3.61. The number of methoxy groups -OCH3 is 1. The van der Waals surface area contributed by atoms with Gasteiger partial charge in [0.15, 0.2) is 5.79 Å². The molecule has 1 unspecified atom stereocenters. The Kier molecular flexibility index (Phi) is 5.89. The summed E-state index contributed by atoms with van der Waals surface area (Å²) in [6.07, 6.45) is 1.06. The van der Waals surface area contributed by atoms with Crippen LogP contribution in [0.3, 0.4) is 0 Å². The van der Waals surface area contributed by atoms with Crippen LogP contribution in [0.15, 0.2) is 11.1 Å². The van der Waals surface area contributed by atoms with Crippen LogP contribution >= 0.6 is 0 Å². The van der Waals surface area contributed by atoms with Crippen LogP contribution in [-0.4, -0.2) is 41.8 Å². The zero-order valence-electron chi connectivity index (χ0n) is 14.6. The van der Waals surface area contributed by atoms with Gasteiger partial charge in [0.05, 0.1) is 5.60 Å². The molecule has 0 aromatic heterocycles. The Morgan fingerprint density at radius 3 is 1.86 bits per heavy atom. The molecule has 22 heavy (non-hydrogen) atoms. The van der Waals surface area contributed by atoms with E-state index in [1.807, 2.05) is 20.8 Å². The summed E-state index contributed by atoms with van der Waals surface area (Å²) in [4.78, 5) is 35.9. The van der Waals surface area contributed by atoms with Crippen molar-refractivity contribution in [2.24, 2.45) is 0 Å². The summed E-state index contributed by atoms with van der Waals surface area (Å²) in [6, 6.07) is 0. The summed E-state index contributed by atoms with van der Waals surface area (Å²) < 4.78 is 5.35. The second kappa shape index (κ2) is 6.89. The van der Waals surface area contributed by atoms with E-state index < -0.39 is 11.4 Å². The molecule has 6 nitrogen and oxygen atoms in total. The van der Waals surface area contributed by atoms with E-state index in [0.29, 0.717) is 30.5 Å². The molecule has 1 aliphatic heterocycles. The summed E-state index contributed by atoms with van der Waals surface area (Å²) >= 11 is 0. The maximum Gasteiger partial charge on any atom is 0.256 e. The normalized spacial score (nSPS) is 19.1. The van der Waals surface area contributed by atoms with Crippen molar-refractivity contribution in [3.8, 4) is 0 Å². The molecule has 1 rings (SSSR count). The molecule has 0 saturated carbocycles. The molecule has 0 radical (unpaired) electrons. The molecule has 1 heterocycles. The second-order valence-electron chi connectivity index (χ2n) is 6.73. The first-order chi connectivity index (χ1) is 10.0. The van der Waals surface area contributed by atoms with E-state index in [9.17, 15) is 9.59 Å². The molecular weight excluding hydrogens is 286 g/mol. The number of rotatable bonds is 7. The fourth-order valence-corrected chi connectivity index (χ4v) is 1.97. The molecule has 0 fully saturated rings. The van der Waals surface area contributed by atoms with E-state index in [1.54, 1.807) is 20.8 Å². The van der Waals surface area contributed by atoms with Crippen LogP contribution in [0.1, 0.15) is 54.4 Å². The van der Waals surface area contributed by atoms with Gasteiger partial charge in [0.2, 0.25) is 0 Å². The van der Waals surface area contributed by atoms with Crippen LogP contribution in [0, 0.1) is 0 Å². The minimum absolute atomic E-state index is 0.214. The van der Waals surface area contributed by atoms with Crippen LogP contribution in [0.2, 0.25) is 0 Å². The Morgan fingerprint density at radius 2 is 1.45 bits per heavy atom. The first-order valence-electron chi connectivity index (χ1n) is 7.46. The highest BCUT2D eigenvalue weighted by Gasteiger charge is 2.34. The standard InChI is InChI=1S/C16H27NO5/c1-11-12(2)14(19)17(13(11)18)10-8-9-16(6,20-7)22-21-15(3,4)5/h8-10H2,1-7H3. The third-order valence-corrected chi connectivity index (χ3v) is 3.61. The maximum atomic E-state index is 12.0. The summed E-state index contributed by atoms with van der Waals surface area (Å²) in [7, 11) is 1.54. The van der Waals surface area contributed by atoms with Gasteiger partial charge in [-0.05, 0) is 48.0 Å². The van der Waals surface area contributed by atoms with E-state index >= 15 is 0 Å². The van der Waals surface area contributed by atoms with Crippen molar-refractivity contribution in [1.82, 2.24) is 4.90 Å². The van der Waals surface area contributed by atoms with Gasteiger partial charge >= 0.3 is 0 Å². The van der Waals surface area contributed by atoms with Gasteiger partial charge in [-0.2, -0.15) is 0 Å². The summed E-state index contributed by atoms with van der Waals surface area (Å²) in [5, 5.41) is 0. The van der Waals surface area contributed by atoms with Gasteiger partial charge in [-0.1, -0.05) is 0 Å². The number of hydrogen-bond donors (Lipinski definition) is 0. The van der Waals surface area contributed by atoms with Crippen molar-refractivity contribution < 1.29 is 24.1 Å². The molecular formula is C16H27NO5. The largest absolute Gasteiger partial charge is 0.351 e. The Morgan fingerprint density at radius 1 is 0.955 bits per heavy atom. The summed E-state index contributed by atoms with van der Waals surface area (Å²) in [6.45, 7) is 11.1. The van der Waals surface area contributed by atoms with E-state index in [4.69, 9.17) is 14.5 Å². The lowest BCUT2D eigenvalue weighted by Crippen LogP contribution is -2.37. The van der Waals surface area contributed by atoms with Crippen molar-refractivity contribution in [2.45, 2.75) is 65.8 Å². The molecule has 2 amide bonds. The van der Waals surface area contributed by atoms with Gasteiger partial charge in [0.1, 0.15) is 0 Å². The Balaban J connectivity index is 2.52. The van der Waals surface area contributed by atoms with Gasteiger partial charge in [0, 0.05) is 31.2 Å². The maximum absolute atomic E-state index is 12.0. The van der Waals surface area contributed by atoms with E-state index in [1.165, 1.54) is 12.0 Å². The molecule has 0 bridgehead atoms. The summed E-state index contributed by atoms with van der Waals surface area (Å²) in [5.41, 5.74) is 0.595. The molecule has 0 aliphatic carbocycles. The van der Waals surface area contributed by atoms with Crippen LogP contribution in [0.4, 0.5) is 0 Å². The Hall–Kier alpha value is -1.24. The van der Waals surface area contributed by atoms with E-state index in [2.05, 4.69) is 0 Å². The van der Waals surface area contributed by atoms with Crippen LogP contribution in [-0.2, 0) is 24.1 Å². The molecule has 1 aliphatic rings. The lowest BCUT2D eigenvalue weighted by molar-refractivity contribution is -0.452. The molecule has 6 heteroatoms. The fourth-order valence-electron chi connectivity index (χ4n) is 1.97. The number of ether oxygens (including phenoxy) is 1. The third kappa shape index (κ3) is 4.63. The number of imide groups is 1. The number of nitrogens with zero attached hydrogens (tertiary/aromatic N) is 1. The molecule has 0 aromatic rings. The Labute approximate surface area is 132 Å². The average molecular weight is 313 g/mol. The second-order valence-corrected chi connectivity index (χ2v) is 6.73. The molecule has 0 aromatic carbocycles. The van der Waals surface area contributed by atoms with Crippen molar-refractivity contribution in [1.29, 1.82) is 0 Å². The Bertz CT molecular complexity index is 453. The minimum Gasteiger partial charge on any atom is -0.351 e. The van der Waals surface area contributed by atoms with Gasteiger partial charge in [-0.15, -0.1) is 0 Å². The van der Waals surface area contributed by atoms with Crippen molar-refractivity contribution >= 4 is 11.8 Å². The number of carbonyl (C=O) groups excluding carboxylic acids is 2. The number of carbonyl (C=O) groups is 2. The van der Waals surface area contributed by atoms with E-state index in [0.717, 1.165) is 0 Å². The van der Waals surface area contributed by atoms with Crippen LogP contribution in [0.5, 0.6) is 0 Å². The van der Waals surface area contributed by atoms with Crippen molar-refractivity contribution in [2.75, 3.05) is 13.7 Å². The minimum atomic E-state index is -0.920. The molecule has 0 spiro atoms. The van der Waals surface area contributed by atoms with E-state index in [-0.39, 0.29) is 11.8 Å². The van der Waals surface area contributed by atoms with Crippen LogP contribution in [0.25, 0.3) is 0 Å². The topological polar surface area (TPSA) is 65.1 Å². The van der Waals surface area contributed by atoms with Gasteiger partial charge in [0.25, 0.3) is 11.8 Å². The predicted octanol–water partition coefficient (Wildman–Crippen LogP) is 2.58. The van der Waals surface area contributed by atoms with Gasteiger partial charge < -0.3 is 4.74 Å². The average Bonchev–Trinajstić information content (AvgIpc) is 2.62. The van der Waals surface area contributed by atoms with Gasteiger partial charge in [-0.25, -0.2) is 9.78 Å². The predicted molar refractivity (Wildman–Crippen MR) is 81.7 cm³/mol. The first kappa shape index (κ1) is 18.8. The monoisotopic (exact) mass is 313 g/mol. The zero-order chi connectivity index (χ0) is 17.1. The van der Waals surface area contributed by atoms with Gasteiger partial charge in [-0.3, -0.25) is 14.5 Å². The van der Waals surface area contributed by atoms with Crippen molar-refractivity contribution in [3.63, 3.8) is 0 Å². The quantitative estimate of drug-likeness (QED) is 0.313. The highest BCUT2D eigenvalue weighted by atomic mass is 17.2. The zero-order valence-corrected chi connectivity index (χ0v) is 14.6.